The highest BCUT2D eigenvalue weighted by atomic mass is 16.5. The quantitative estimate of drug-likeness (QED) is 0.635. The zero-order valence-electron chi connectivity index (χ0n) is 15.6. The molecule has 0 heterocycles. The predicted molar refractivity (Wildman–Crippen MR) is 104 cm³/mol. The minimum Gasteiger partial charge on any atom is -0.462 e. The van der Waals surface area contributed by atoms with Crippen LogP contribution in [0.25, 0.3) is 6.08 Å². The second-order valence-electron chi connectivity index (χ2n) is 7.70. The van der Waals surface area contributed by atoms with Crippen molar-refractivity contribution < 1.29 is 14.3 Å². The van der Waals surface area contributed by atoms with Gasteiger partial charge in [0.05, 0.1) is 0 Å². The summed E-state index contributed by atoms with van der Waals surface area (Å²) >= 11 is 0. The Morgan fingerprint density at radius 2 is 1.81 bits per heavy atom. The van der Waals surface area contributed by atoms with Gasteiger partial charge in [0.25, 0.3) is 0 Å². The van der Waals surface area contributed by atoms with Crippen molar-refractivity contribution in [2.24, 2.45) is 5.92 Å². The van der Waals surface area contributed by atoms with Crippen LogP contribution in [-0.2, 0) is 14.3 Å². The number of ketones is 1. The number of benzene rings is 1. The summed E-state index contributed by atoms with van der Waals surface area (Å²) in [7, 11) is 0. The molecule has 0 radical (unpaired) electrons. The molecule has 2 aliphatic rings. The number of ether oxygens (including phenoxy) is 1. The van der Waals surface area contributed by atoms with Crippen LogP contribution in [0.1, 0.15) is 76.2 Å². The SMILES string of the molecule is O=C(CCCC1CCCCC1=O)OC1CCC(=Cc2ccccc2)CC1. The van der Waals surface area contributed by atoms with Crippen molar-refractivity contribution >= 4 is 17.8 Å². The van der Waals surface area contributed by atoms with Crippen molar-refractivity contribution in [3.05, 3.63) is 41.5 Å². The van der Waals surface area contributed by atoms with Crippen molar-refractivity contribution in [2.75, 3.05) is 0 Å². The van der Waals surface area contributed by atoms with Crippen molar-refractivity contribution in [1.82, 2.24) is 0 Å². The fourth-order valence-corrected chi connectivity index (χ4v) is 4.11. The molecule has 2 fully saturated rings. The minimum absolute atomic E-state index is 0.0618. The second kappa shape index (κ2) is 9.70. The number of allylic oxidation sites excluding steroid dienone is 1. The average molecular weight is 354 g/mol. The summed E-state index contributed by atoms with van der Waals surface area (Å²) in [6.07, 6.45) is 12.2. The first kappa shape index (κ1) is 18.9. The van der Waals surface area contributed by atoms with E-state index in [1.54, 1.807) is 0 Å². The maximum Gasteiger partial charge on any atom is 0.306 e. The van der Waals surface area contributed by atoms with E-state index in [2.05, 4.69) is 30.3 Å². The van der Waals surface area contributed by atoms with E-state index in [4.69, 9.17) is 4.74 Å². The van der Waals surface area contributed by atoms with E-state index < -0.39 is 0 Å². The maximum absolute atomic E-state index is 12.1. The molecular weight excluding hydrogens is 324 g/mol. The Kier molecular flexibility index (Phi) is 7.04. The summed E-state index contributed by atoms with van der Waals surface area (Å²) in [6.45, 7) is 0. The molecule has 26 heavy (non-hydrogen) atoms. The molecule has 0 aromatic heterocycles. The summed E-state index contributed by atoms with van der Waals surface area (Å²) < 4.78 is 5.66. The first-order valence-electron chi connectivity index (χ1n) is 10.2. The highest BCUT2D eigenvalue weighted by Crippen LogP contribution is 2.28. The van der Waals surface area contributed by atoms with E-state index in [0.29, 0.717) is 12.2 Å². The molecule has 140 valence electrons. The van der Waals surface area contributed by atoms with Crippen LogP contribution in [0.15, 0.2) is 35.9 Å². The number of esters is 1. The van der Waals surface area contributed by atoms with E-state index in [9.17, 15) is 9.59 Å². The van der Waals surface area contributed by atoms with Crippen LogP contribution >= 0.6 is 0 Å². The highest BCUT2D eigenvalue weighted by Gasteiger charge is 2.23. The van der Waals surface area contributed by atoms with Gasteiger partial charge < -0.3 is 4.74 Å². The van der Waals surface area contributed by atoms with Gasteiger partial charge in [-0.1, -0.05) is 48.4 Å². The number of hydrogen-bond donors (Lipinski definition) is 0. The molecule has 0 aliphatic heterocycles. The van der Waals surface area contributed by atoms with Crippen molar-refractivity contribution in [3.8, 4) is 0 Å². The lowest BCUT2D eigenvalue weighted by atomic mass is 9.84. The number of rotatable bonds is 6. The van der Waals surface area contributed by atoms with Gasteiger partial charge in [-0.2, -0.15) is 0 Å². The molecule has 1 aromatic carbocycles. The number of carbonyl (C=O) groups excluding carboxylic acids is 2. The molecule has 3 heteroatoms. The molecule has 3 rings (SSSR count). The smallest absolute Gasteiger partial charge is 0.306 e. The lowest BCUT2D eigenvalue weighted by molar-refractivity contribution is -0.150. The van der Waals surface area contributed by atoms with Crippen molar-refractivity contribution in [3.63, 3.8) is 0 Å². The molecule has 3 nitrogen and oxygen atoms in total. The van der Waals surface area contributed by atoms with Crippen LogP contribution in [0, 0.1) is 5.92 Å². The van der Waals surface area contributed by atoms with Crippen LogP contribution in [0.4, 0.5) is 0 Å². The number of Topliss-reactive ketones (excluding diaryl/α,β-unsaturated/α-hetero) is 1. The van der Waals surface area contributed by atoms with Crippen LogP contribution in [0.2, 0.25) is 0 Å². The Morgan fingerprint density at radius 1 is 1.04 bits per heavy atom. The lowest BCUT2D eigenvalue weighted by Gasteiger charge is -2.24. The fraction of sp³-hybridized carbons (Fsp3) is 0.565. The molecule has 2 saturated carbocycles. The lowest BCUT2D eigenvalue weighted by Crippen LogP contribution is -2.22. The third kappa shape index (κ3) is 5.82. The zero-order chi connectivity index (χ0) is 18.2. The van der Waals surface area contributed by atoms with Crippen LogP contribution in [-0.4, -0.2) is 17.9 Å². The van der Waals surface area contributed by atoms with Gasteiger partial charge in [-0.3, -0.25) is 9.59 Å². The predicted octanol–water partition coefficient (Wildman–Crippen LogP) is 5.49. The van der Waals surface area contributed by atoms with E-state index in [1.165, 1.54) is 11.1 Å². The number of hydrogen-bond acceptors (Lipinski definition) is 3. The molecule has 1 atom stereocenters. The third-order valence-electron chi connectivity index (χ3n) is 5.66. The fourth-order valence-electron chi connectivity index (χ4n) is 4.11. The van der Waals surface area contributed by atoms with Gasteiger partial charge in [-0.25, -0.2) is 0 Å². The van der Waals surface area contributed by atoms with E-state index in [0.717, 1.165) is 64.2 Å². The van der Waals surface area contributed by atoms with E-state index in [-0.39, 0.29) is 18.0 Å². The Morgan fingerprint density at radius 3 is 2.54 bits per heavy atom. The number of carbonyl (C=O) groups is 2. The topological polar surface area (TPSA) is 43.4 Å². The molecule has 2 aliphatic carbocycles. The molecule has 0 N–H and O–H groups in total. The Labute approximate surface area is 156 Å². The van der Waals surface area contributed by atoms with Gasteiger partial charge in [0, 0.05) is 18.8 Å². The Hall–Kier alpha value is -1.90. The highest BCUT2D eigenvalue weighted by molar-refractivity contribution is 5.81. The largest absolute Gasteiger partial charge is 0.462 e. The summed E-state index contributed by atoms with van der Waals surface area (Å²) in [5, 5.41) is 0. The summed E-state index contributed by atoms with van der Waals surface area (Å²) in [4.78, 5) is 23.9. The normalized spacial score (nSPS) is 23.5. The van der Waals surface area contributed by atoms with Gasteiger partial charge in [0.1, 0.15) is 11.9 Å². The Balaban J connectivity index is 1.34. The van der Waals surface area contributed by atoms with Gasteiger partial charge >= 0.3 is 5.97 Å². The van der Waals surface area contributed by atoms with Crippen LogP contribution in [0.5, 0.6) is 0 Å². The molecule has 0 saturated heterocycles. The molecule has 1 unspecified atom stereocenters. The molecular formula is C23H30O3. The molecule has 0 bridgehead atoms. The van der Waals surface area contributed by atoms with Gasteiger partial charge in [-0.15, -0.1) is 0 Å². The maximum atomic E-state index is 12.1. The monoisotopic (exact) mass is 354 g/mol. The summed E-state index contributed by atoms with van der Waals surface area (Å²) in [6, 6.07) is 10.4. The summed E-state index contributed by atoms with van der Waals surface area (Å²) in [5.74, 6) is 0.500. The zero-order valence-corrected chi connectivity index (χ0v) is 15.6. The minimum atomic E-state index is -0.0891. The van der Waals surface area contributed by atoms with E-state index >= 15 is 0 Å². The van der Waals surface area contributed by atoms with Crippen molar-refractivity contribution in [1.29, 1.82) is 0 Å². The van der Waals surface area contributed by atoms with Crippen molar-refractivity contribution in [2.45, 2.75) is 76.7 Å². The standard InChI is InChI=1S/C23H30O3/c24-22-11-5-4-9-20(22)10-6-12-23(25)26-21-15-13-19(14-16-21)17-18-7-2-1-3-8-18/h1-3,7-8,17,20-21H,4-6,9-16H2. The van der Waals surface area contributed by atoms with E-state index in [1.807, 2.05) is 6.07 Å². The van der Waals surface area contributed by atoms with Crippen LogP contribution in [0.3, 0.4) is 0 Å². The van der Waals surface area contributed by atoms with Crippen LogP contribution < -0.4 is 0 Å². The molecule has 0 spiro atoms. The molecule has 0 amide bonds. The van der Waals surface area contributed by atoms with Gasteiger partial charge in [-0.05, 0) is 56.9 Å². The van der Waals surface area contributed by atoms with Gasteiger partial charge in [0.2, 0.25) is 0 Å². The van der Waals surface area contributed by atoms with Gasteiger partial charge in [0.15, 0.2) is 0 Å². The molecule has 1 aromatic rings. The first-order valence-corrected chi connectivity index (χ1v) is 10.2. The Bertz CT molecular complexity index is 622. The third-order valence-corrected chi connectivity index (χ3v) is 5.66. The summed E-state index contributed by atoms with van der Waals surface area (Å²) in [5.41, 5.74) is 2.69. The first-order chi connectivity index (χ1) is 12.7. The second-order valence-corrected chi connectivity index (χ2v) is 7.70. The average Bonchev–Trinajstić information content (AvgIpc) is 2.66.